The SMILES string of the molecule is CC(=O)Nc1ccc(-c2nc(-c3ccc(O)cc3)sc2C)cc1. The van der Waals surface area contributed by atoms with Crippen molar-refractivity contribution in [1.82, 2.24) is 4.98 Å². The topological polar surface area (TPSA) is 62.2 Å². The Morgan fingerprint density at radius 3 is 2.26 bits per heavy atom. The second kappa shape index (κ2) is 6.22. The first-order chi connectivity index (χ1) is 11.0. The fourth-order valence-corrected chi connectivity index (χ4v) is 3.25. The monoisotopic (exact) mass is 324 g/mol. The number of amides is 1. The molecule has 0 atom stereocenters. The van der Waals surface area contributed by atoms with Crippen molar-refractivity contribution in [2.75, 3.05) is 5.32 Å². The Morgan fingerprint density at radius 1 is 1.04 bits per heavy atom. The van der Waals surface area contributed by atoms with Crippen molar-refractivity contribution in [1.29, 1.82) is 0 Å². The van der Waals surface area contributed by atoms with Crippen molar-refractivity contribution in [2.24, 2.45) is 0 Å². The third kappa shape index (κ3) is 3.40. The first kappa shape index (κ1) is 15.2. The van der Waals surface area contributed by atoms with Gasteiger partial charge in [0, 0.05) is 28.6 Å². The van der Waals surface area contributed by atoms with Gasteiger partial charge in [-0.15, -0.1) is 11.3 Å². The summed E-state index contributed by atoms with van der Waals surface area (Å²) in [6, 6.07) is 14.7. The van der Waals surface area contributed by atoms with E-state index in [-0.39, 0.29) is 11.7 Å². The molecule has 0 fully saturated rings. The number of aryl methyl sites for hydroxylation is 1. The molecule has 0 bridgehead atoms. The van der Waals surface area contributed by atoms with Crippen LogP contribution in [0.5, 0.6) is 5.75 Å². The Hall–Kier alpha value is -2.66. The van der Waals surface area contributed by atoms with E-state index in [2.05, 4.69) is 5.32 Å². The number of rotatable bonds is 3. The Bertz CT molecular complexity index is 836. The quantitative estimate of drug-likeness (QED) is 0.748. The number of benzene rings is 2. The van der Waals surface area contributed by atoms with Crippen LogP contribution in [-0.2, 0) is 4.79 Å². The van der Waals surface area contributed by atoms with Crippen molar-refractivity contribution in [2.45, 2.75) is 13.8 Å². The number of hydrogen-bond acceptors (Lipinski definition) is 4. The van der Waals surface area contributed by atoms with Crippen LogP contribution < -0.4 is 5.32 Å². The normalized spacial score (nSPS) is 10.5. The number of nitrogens with one attached hydrogen (secondary N) is 1. The number of nitrogens with zero attached hydrogens (tertiary/aromatic N) is 1. The molecule has 0 saturated heterocycles. The molecule has 2 N–H and O–H groups in total. The molecule has 1 heterocycles. The van der Waals surface area contributed by atoms with E-state index in [0.717, 1.165) is 32.4 Å². The van der Waals surface area contributed by atoms with Gasteiger partial charge < -0.3 is 10.4 Å². The highest BCUT2D eigenvalue weighted by Crippen LogP contribution is 2.34. The van der Waals surface area contributed by atoms with Crippen LogP contribution in [0.15, 0.2) is 48.5 Å². The van der Waals surface area contributed by atoms with E-state index in [1.54, 1.807) is 23.5 Å². The molecule has 0 aliphatic carbocycles. The molecular formula is C18H16N2O2S. The largest absolute Gasteiger partial charge is 0.508 e. The van der Waals surface area contributed by atoms with Gasteiger partial charge in [-0.2, -0.15) is 0 Å². The lowest BCUT2D eigenvalue weighted by atomic mass is 10.1. The number of aromatic nitrogens is 1. The summed E-state index contributed by atoms with van der Waals surface area (Å²) < 4.78 is 0. The number of thiazole rings is 1. The van der Waals surface area contributed by atoms with Crippen LogP contribution in [0.3, 0.4) is 0 Å². The average Bonchev–Trinajstić information content (AvgIpc) is 2.90. The Kier molecular flexibility index (Phi) is 4.12. The predicted molar refractivity (Wildman–Crippen MR) is 93.7 cm³/mol. The summed E-state index contributed by atoms with van der Waals surface area (Å²) in [6.07, 6.45) is 0. The predicted octanol–water partition coefficient (Wildman–Crippen LogP) is 4.45. The molecule has 0 spiro atoms. The van der Waals surface area contributed by atoms with Gasteiger partial charge in [0.2, 0.25) is 5.91 Å². The molecule has 3 aromatic rings. The Balaban J connectivity index is 1.91. The van der Waals surface area contributed by atoms with E-state index in [1.165, 1.54) is 6.92 Å². The number of hydrogen-bond donors (Lipinski definition) is 2. The molecule has 23 heavy (non-hydrogen) atoms. The Labute approximate surface area is 138 Å². The summed E-state index contributed by atoms with van der Waals surface area (Å²) >= 11 is 1.62. The van der Waals surface area contributed by atoms with Crippen molar-refractivity contribution in [3.05, 3.63) is 53.4 Å². The minimum Gasteiger partial charge on any atom is -0.508 e. The van der Waals surface area contributed by atoms with Gasteiger partial charge in [0.15, 0.2) is 0 Å². The molecular weight excluding hydrogens is 308 g/mol. The molecule has 2 aromatic carbocycles. The fourth-order valence-electron chi connectivity index (χ4n) is 2.31. The van der Waals surface area contributed by atoms with Gasteiger partial charge >= 0.3 is 0 Å². The highest BCUT2D eigenvalue weighted by atomic mass is 32.1. The van der Waals surface area contributed by atoms with E-state index in [9.17, 15) is 9.90 Å². The van der Waals surface area contributed by atoms with E-state index in [0.29, 0.717) is 0 Å². The van der Waals surface area contributed by atoms with Gasteiger partial charge in [-0.1, -0.05) is 12.1 Å². The summed E-state index contributed by atoms with van der Waals surface area (Å²) in [4.78, 5) is 16.9. The molecule has 116 valence electrons. The zero-order valence-corrected chi connectivity index (χ0v) is 13.6. The average molecular weight is 324 g/mol. The number of phenolic OH excluding ortho intramolecular Hbond substituents is 1. The van der Waals surface area contributed by atoms with Crippen LogP contribution in [0, 0.1) is 6.92 Å². The molecule has 0 unspecified atom stereocenters. The van der Waals surface area contributed by atoms with Crippen LogP contribution in [0.4, 0.5) is 5.69 Å². The molecule has 4 nitrogen and oxygen atoms in total. The lowest BCUT2D eigenvalue weighted by Gasteiger charge is -2.03. The van der Waals surface area contributed by atoms with Gasteiger partial charge in [0.25, 0.3) is 0 Å². The molecule has 1 amide bonds. The molecule has 1 aromatic heterocycles. The standard InChI is InChI=1S/C18H16N2O2S/c1-11-17(13-3-7-15(8-4-13)19-12(2)21)20-18(23-11)14-5-9-16(22)10-6-14/h3-10,22H,1-2H3,(H,19,21). The van der Waals surface area contributed by atoms with E-state index in [1.807, 2.05) is 43.3 Å². The molecule has 0 radical (unpaired) electrons. The highest BCUT2D eigenvalue weighted by molar-refractivity contribution is 7.15. The summed E-state index contributed by atoms with van der Waals surface area (Å²) in [5.41, 5.74) is 3.70. The highest BCUT2D eigenvalue weighted by Gasteiger charge is 2.11. The zero-order valence-electron chi connectivity index (χ0n) is 12.8. The van der Waals surface area contributed by atoms with Gasteiger partial charge in [-0.25, -0.2) is 4.98 Å². The van der Waals surface area contributed by atoms with Crippen LogP contribution in [0.25, 0.3) is 21.8 Å². The molecule has 5 heteroatoms. The smallest absolute Gasteiger partial charge is 0.221 e. The first-order valence-corrected chi connectivity index (χ1v) is 7.99. The summed E-state index contributed by atoms with van der Waals surface area (Å²) in [7, 11) is 0. The minimum absolute atomic E-state index is 0.0859. The summed E-state index contributed by atoms with van der Waals surface area (Å²) in [6.45, 7) is 3.53. The summed E-state index contributed by atoms with van der Waals surface area (Å²) in [5, 5.41) is 13.1. The third-order valence-electron chi connectivity index (χ3n) is 3.39. The second-order valence-electron chi connectivity index (χ2n) is 5.23. The van der Waals surface area contributed by atoms with Crippen LogP contribution in [0.2, 0.25) is 0 Å². The fraction of sp³-hybridized carbons (Fsp3) is 0.111. The van der Waals surface area contributed by atoms with Crippen molar-refractivity contribution < 1.29 is 9.90 Å². The lowest BCUT2D eigenvalue weighted by molar-refractivity contribution is -0.114. The molecule has 0 aliphatic rings. The first-order valence-electron chi connectivity index (χ1n) is 7.18. The van der Waals surface area contributed by atoms with Gasteiger partial charge in [-0.3, -0.25) is 4.79 Å². The van der Waals surface area contributed by atoms with Crippen molar-refractivity contribution >= 4 is 22.9 Å². The molecule has 0 aliphatic heterocycles. The van der Waals surface area contributed by atoms with Gasteiger partial charge in [0.1, 0.15) is 10.8 Å². The third-order valence-corrected chi connectivity index (χ3v) is 4.41. The van der Waals surface area contributed by atoms with E-state index in [4.69, 9.17) is 4.98 Å². The van der Waals surface area contributed by atoms with Crippen LogP contribution >= 0.6 is 11.3 Å². The summed E-state index contributed by atoms with van der Waals surface area (Å²) in [5.74, 6) is 0.160. The molecule has 3 rings (SSSR count). The molecule has 0 saturated carbocycles. The maximum Gasteiger partial charge on any atom is 0.221 e. The van der Waals surface area contributed by atoms with Crippen molar-refractivity contribution in [3.63, 3.8) is 0 Å². The maximum atomic E-state index is 11.1. The van der Waals surface area contributed by atoms with E-state index < -0.39 is 0 Å². The number of carbonyl (C=O) groups excluding carboxylic acids is 1. The van der Waals surface area contributed by atoms with Crippen molar-refractivity contribution in [3.8, 4) is 27.6 Å². The number of aromatic hydroxyl groups is 1. The minimum atomic E-state index is -0.0859. The lowest BCUT2D eigenvalue weighted by Crippen LogP contribution is -2.05. The Morgan fingerprint density at radius 2 is 1.65 bits per heavy atom. The van der Waals surface area contributed by atoms with Crippen LogP contribution in [0.1, 0.15) is 11.8 Å². The van der Waals surface area contributed by atoms with E-state index >= 15 is 0 Å². The number of anilines is 1. The van der Waals surface area contributed by atoms with Crippen LogP contribution in [-0.4, -0.2) is 16.0 Å². The maximum absolute atomic E-state index is 11.1. The number of carbonyl (C=O) groups is 1. The number of phenols is 1. The second-order valence-corrected chi connectivity index (χ2v) is 6.43. The van der Waals surface area contributed by atoms with Gasteiger partial charge in [-0.05, 0) is 43.3 Å². The zero-order chi connectivity index (χ0) is 16.4. The van der Waals surface area contributed by atoms with Gasteiger partial charge in [0.05, 0.1) is 5.69 Å².